The van der Waals surface area contributed by atoms with Gasteiger partial charge in [0.1, 0.15) is 5.75 Å². The summed E-state index contributed by atoms with van der Waals surface area (Å²) in [5.41, 5.74) is -0.781. The first-order valence-corrected chi connectivity index (χ1v) is 5.39. The van der Waals surface area contributed by atoms with Gasteiger partial charge in [-0.25, -0.2) is 0 Å². The van der Waals surface area contributed by atoms with Gasteiger partial charge in [0, 0.05) is 0 Å². The van der Waals surface area contributed by atoms with Gasteiger partial charge in [0.05, 0.1) is 25.2 Å². The highest BCUT2D eigenvalue weighted by Gasteiger charge is 2.30. The van der Waals surface area contributed by atoms with Crippen LogP contribution in [-0.2, 0) is 15.7 Å². The highest BCUT2D eigenvalue weighted by Crippen LogP contribution is 2.31. The van der Waals surface area contributed by atoms with E-state index in [1.54, 1.807) is 6.92 Å². The van der Waals surface area contributed by atoms with Crippen molar-refractivity contribution < 1.29 is 27.4 Å². The molecule has 0 bridgehead atoms. The molecule has 3 nitrogen and oxygen atoms in total. The molecule has 0 saturated heterocycles. The number of ether oxygens (including phenoxy) is 2. The van der Waals surface area contributed by atoms with Crippen LogP contribution < -0.4 is 4.74 Å². The van der Waals surface area contributed by atoms with Crippen LogP contribution in [-0.4, -0.2) is 19.2 Å². The Morgan fingerprint density at radius 1 is 1.33 bits per heavy atom. The lowest BCUT2D eigenvalue weighted by atomic mass is 10.2. The van der Waals surface area contributed by atoms with E-state index >= 15 is 0 Å². The van der Waals surface area contributed by atoms with Gasteiger partial charge in [0.15, 0.2) is 0 Å². The molecule has 1 aromatic rings. The number of alkyl halides is 3. The van der Waals surface area contributed by atoms with E-state index in [0.29, 0.717) is 0 Å². The van der Waals surface area contributed by atoms with Crippen molar-refractivity contribution in [3.05, 3.63) is 29.8 Å². The number of carbonyl (C=O) groups is 1. The van der Waals surface area contributed by atoms with Crippen LogP contribution in [0.15, 0.2) is 24.3 Å². The van der Waals surface area contributed by atoms with Crippen LogP contribution in [0.1, 0.15) is 18.9 Å². The van der Waals surface area contributed by atoms with E-state index in [4.69, 9.17) is 4.74 Å². The predicted octanol–water partition coefficient (Wildman–Crippen LogP) is 3.04. The predicted molar refractivity (Wildman–Crippen MR) is 58.2 cm³/mol. The lowest BCUT2D eigenvalue weighted by molar-refractivity contribution is -0.143. The Labute approximate surface area is 103 Å². The van der Waals surface area contributed by atoms with Crippen LogP contribution in [0.3, 0.4) is 0 Å². The van der Waals surface area contributed by atoms with Crippen LogP contribution in [0.4, 0.5) is 13.2 Å². The topological polar surface area (TPSA) is 35.5 Å². The first-order chi connectivity index (χ1) is 8.43. The van der Waals surface area contributed by atoms with E-state index in [9.17, 15) is 18.0 Å². The molecular formula is C12H13F3O3. The van der Waals surface area contributed by atoms with Crippen molar-refractivity contribution in [2.45, 2.75) is 19.5 Å². The lowest BCUT2D eigenvalue weighted by Crippen LogP contribution is -2.10. The summed E-state index contributed by atoms with van der Waals surface area (Å²) in [7, 11) is 0. The summed E-state index contributed by atoms with van der Waals surface area (Å²) in [6.07, 6.45) is -4.40. The van der Waals surface area contributed by atoms with E-state index in [2.05, 4.69) is 4.74 Å². The SMILES string of the molecule is CCOC(=O)CCOc1cccc(C(F)(F)F)c1. The second kappa shape index (κ2) is 6.28. The second-order valence-corrected chi connectivity index (χ2v) is 3.43. The highest BCUT2D eigenvalue weighted by atomic mass is 19.4. The molecule has 18 heavy (non-hydrogen) atoms. The Balaban J connectivity index is 2.51. The molecule has 0 N–H and O–H groups in total. The van der Waals surface area contributed by atoms with Gasteiger partial charge >= 0.3 is 12.1 Å². The molecule has 0 fully saturated rings. The fourth-order valence-corrected chi connectivity index (χ4v) is 1.25. The number of esters is 1. The number of hydrogen-bond acceptors (Lipinski definition) is 3. The smallest absolute Gasteiger partial charge is 0.416 e. The number of halogens is 3. The minimum atomic E-state index is -4.40. The summed E-state index contributed by atoms with van der Waals surface area (Å²) < 4.78 is 46.9. The first kappa shape index (κ1) is 14.3. The molecule has 0 aliphatic rings. The lowest BCUT2D eigenvalue weighted by Gasteiger charge is -2.09. The minimum Gasteiger partial charge on any atom is -0.493 e. The molecule has 0 aromatic heterocycles. The molecule has 0 radical (unpaired) electrons. The Bertz CT molecular complexity index is 402. The van der Waals surface area contributed by atoms with Gasteiger partial charge in [-0.1, -0.05) is 6.07 Å². The molecule has 1 rings (SSSR count). The van der Waals surface area contributed by atoms with Gasteiger partial charge in [-0.05, 0) is 25.1 Å². The largest absolute Gasteiger partial charge is 0.493 e. The van der Waals surface area contributed by atoms with Gasteiger partial charge in [0.25, 0.3) is 0 Å². The maximum atomic E-state index is 12.4. The fraction of sp³-hybridized carbons (Fsp3) is 0.417. The first-order valence-electron chi connectivity index (χ1n) is 5.39. The zero-order valence-electron chi connectivity index (χ0n) is 9.79. The minimum absolute atomic E-state index is 0.00405. The van der Waals surface area contributed by atoms with Crippen molar-refractivity contribution in [2.75, 3.05) is 13.2 Å². The summed E-state index contributed by atoms with van der Waals surface area (Å²) in [5, 5.41) is 0. The highest BCUT2D eigenvalue weighted by molar-refractivity contribution is 5.69. The van der Waals surface area contributed by atoms with Gasteiger partial charge in [-0.15, -0.1) is 0 Å². The molecule has 0 amide bonds. The van der Waals surface area contributed by atoms with Crippen LogP contribution in [0.2, 0.25) is 0 Å². The van der Waals surface area contributed by atoms with Crippen LogP contribution in [0, 0.1) is 0 Å². The number of carbonyl (C=O) groups excluding carboxylic acids is 1. The second-order valence-electron chi connectivity index (χ2n) is 3.43. The van der Waals surface area contributed by atoms with Crippen LogP contribution in [0.25, 0.3) is 0 Å². The average Bonchev–Trinajstić information content (AvgIpc) is 2.29. The van der Waals surface area contributed by atoms with Crippen molar-refractivity contribution in [1.82, 2.24) is 0 Å². The average molecular weight is 262 g/mol. The summed E-state index contributed by atoms with van der Waals surface area (Å²) in [6, 6.07) is 4.51. The summed E-state index contributed by atoms with van der Waals surface area (Å²) in [5.74, 6) is -0.362. The molecule has 6 heteroatoms. The van der Waals surface area contributed by atoms with Gasteiger partial charge < -0.3 is 9.47 Å². The fourth-order valence-electron chi connectivity index (χ4n) is 1.25. The third kappa shape index (κ3) is 4.65. The van der Waals surface area contributed by atoms with E-state index in [0.717, 1.165) is 12.1 Å². The Morgan fingerprint density at radius 2 is 2.06 bits per heavy atom. The van der Waals surface area contributed by atoms with Gasteiger partial charge in [0.2, 0.25) is 0 Å². The molecule has 0 heterocycles. The molecule has 0 unspecified atom stereocenters. The normalized spacial score (nSPS) is 11.1. The number of hydrogen-bond donors (Lipinski definition) is 0. The van der Waals surface area contributed by atoms with Crippen LogP contribution >= 0.6 is 0 Å². The molecule has 0 aliphatic heterocycles. The van der Waals surface area contributed by atoms with Crippen molar-refractivity contribution >= 4 is 5.97 Å². The third-order valence-corrected chi connectivity index (χ3v) is 2.04. The van der Waals surface area contributed by atoms with E-state index in [1.165, 1.54) is 12.1 Å². The van der Waals surface area contributed by atoms with Gasteiger partial charge in [-0.3, -0.25) is 4.79 Å². The standard InChI is InChI=1S/C12H13F3O3/c1-2-17-11(16)6-7-18-10-5-3-4-9(8-10)12(13,14)15/h3-5,8H,2,6-7H2,1H3. The quantitative estimate of drug-likeness (QED) is 0.765. The number of rotatable bonds is 5. The van der Waals surface area contributed by atoms with E-state index in [1.807, 2.05) is 0 Å². The zero-order chi connectivity index (χ0) is 13.6. The monoisotopic (exact) mass is 262 g/mol. The maximum absolute atomic E-state index is 12.4. The Hall–Kier alpha value is -1.72. The van der Waals surface area contributed by atoms with Crippen molar-refractivity contribution in [1.29, 1.82) is 0 Å². The summed E-state index contributed by atoms with van der Waals surface area (Å²) >= 11 is 0. The Kier molecular flexibility index (Phi) is 5.00. The third-order valence-electron chi connectivity index (χ3n) is 2.04. The maximum Gasteiger partial charge on any atom is 0.416 e. The van der Waals surface area contributed by atoms with Crippen molar-refractivity contribution in [2.24, 2.45) is 0 Å². The van der Waals surface area contributed by atoms with Gasteiger partial charge in [-0.2, -0.15) is 13.2 Å². The zero-order valence-corrected chi connectivity index (χ0v) is 9.79. The molecule has 0 saturated carbocycles. The van der Waals surface area contributed by atoms with Crippen molar-refractivity contribution in [3.8, 4) is 5.75 Å². The number of benzene rings is 1. The molecule has 0 atom stereocenters. The summed E-state index contributed by atoms with van der Waals surface area (Å²) in [4.78, 5) is 11.0. The molecule has 0 spiro atoms. The molecular weight excluding hydrogens is 249 g/mol. The summed E-state index contributed by atoms with van der Waals surface area (Å²) in [6.45, 7) is 1.92. The van der Waals surface area contributed by atoms with Crippen LogP contribution in [0.5, 0.6) is 5.75 Å². The van der Waals surface area contributed by atoms with E-state index in [-0.39, 0.29) is 25.4 Å². The van der Waals surface area contributed by atoms with Crippen molar-refractivity contribution in [3.63, 3.8) is 0 Å². The van der Waals surface area contributed by atoms with E-state index < -0.39 is 17.7 Å². The molecule has 0 aliphatic carbocycles. The Morgan fingerprint density at radius 3 is 2.67 bits per heavy atom. The molecule has 100 valence electrons. The molecule has 1 aromatic carbocycles.